The summed E-state index contributed by atoms with van der Waals surface area (Å²) in [6, 6.07) is 1.02. The summed E-state index contributed by atoms with van der Waals surface area (Å²) in [6.45, 7) is 3.91. The fourth-order valence-corrected chi connectivity index (χ4v) is 2.86. The van der Waals surface area contributed by atoms with Gasteiger partial charge in [0.05, 0.1) is 22.5 Å². The summed E-state index contributed by atoms with van der Waals surface area (Å²) in [4.78, 5) is 18.4. The molecule has 2 atom stereocenters. The number of aromatic nitrogens is 3. The number of likely N-dealkylation sites (tertiary alicyclic amines) is 1. The number of pyridine rings is 1. The first-order chi connectivity index (χ1) is 11.5. The zero-order valence-corrected chi connectivity index (χ0v) is 14.4. The zero-order valence-electron chi connectivity index (χ0n) is 13.6. The van der Waals surface area contributed by atoms with E-state index in [1.165, 1.54) is 0 Å². The van der Waals surface area contributed by atoms with Crippen LogP contribution in [0.4, 0.5) is 10.5 Å². The maximum Gasteiger partial charge on any atom is 0.322 e. The third kappa shape index (κ3) is 3.20. The Morgan fingerprint density at radius 3 is 2.92 bits per heavy atom. The predicted molar refractivity (Wildman–Crippen MR) is 86.9 cm³/mol. The second-order valence-electron chi connectivity index (χ2n) is 5.61. The molecule has 9 heteroatoms. The lowest BCUT2D eigenvalue weighted by atomic mass is 10.2. The highest BCUT2D eigenvalue weighted by molar-refractivity contribution is 6.34. The monoisotopic (exact) mass is 351 g/mol. The molecule has 1 aliphatic heterocycles. The summed E-state index contributed by atoms with van der Waals surface area (Å²) >= 11 is 6.20. The molecule has 0 unspecified atom stereocenters. The number of aryl methyl sites for hydroxylation is 2. The normalized spacial score (nSPS) is 20.4. The number of carbonyl (C=O) groups is 1. The molecule has 1 aliphatic rings. The highest BCUT2D eigenvalue weighted by Gasteiger charge is 2.39. The van der Waals surface area contributed by atoms with E-state index in [1.54, 1.807) is 38.1 Å². The van der Waals surface area contributed by atoms with Crippen LogP contribution in [0, 0.1) is 13.8 Å². The highest BCUT2D eigenvalue weighted by atomic mass is 35.5. The Labute approximate surface area is 144 Å². The van der Waals surface area contributed by atoms with E-state index in [9.17, 15) is 4.79 Å². The van der Waals surface area contributed by atoms with Gasteiger partial charge in [-0.1, -0.05) is 11.6 Å². The van der Waals surface area contributed by atoms with Gasteiger partial charge in [0.1, 0.15) is 6.04 Å². The number of halogens is 1. The molecule has 2 aromatic rings. The van der Waals surface area contributed by atoms with Crippen molar-refractivity contribution in [1.82, 2.24) is 20.1 Å². The molecule has 24 heavy (non-hydrogen) atoms. The Morgan fingerprint density at radius 1 is 1.46 bits per heavy atom. The van der Waals surface area contributed by atoms with E-state index in [0.717, 1.165) is 0 Å². The van der Waals surface area contributed by atoms with Gasteiger partial charge in [0, 0.05) is 33.2 Å². The molecule has 2 aromatic heterocycles. The standard InChI is InChI=1S/C15H18ClN5O3/c1-8-13(16)11(4-5-17-8)18-15(22)21-7-10(23-3)6-12(21)14-20-19-9(2)24-14/h4-5,10,12H,6-7H2,1-3H3,(H,17,18,22)/t10-,12+/m0/s1. The largest absolute Gasteiger partial charge is 0.423 e. The maximum absolute atomic E-state index is 12.7. The van der Waals surface area contributed by atoms with Crippen molar-refractivity contribution in [2.45, 2.75) is 32.4 Å². The van der Waals surface area contributed by atoms with Gasteiger partial charge in [-0.2, -0.15) is 0 Å². The summed E-state index contributed by atoms with van der Waals surface area (Å²) < 4.78 is 10.9. The average molecular weight is 352 g/mol. The van der Waals surface area contributed by atoms with E-state index in [-0.39, 0.29) is 18.2 Å². The lowest BCUT2D eigenvalue weighted by Gasteiger charge is -2.22. The number of amides is 2. The van der Waals surface area contributed by atoms with Crippen molar-refractivity contribution in [1.29, 1.82) is 0 Å². The zero-order chi connectivity index (χ0) is 17.3. The van der Waals surface area contributed by atoms with E-state index in [2.05, 4.69) is 20.5 Å². The number of ether oxygens (including phenoxy) is 1. The number of anilines is 1. The minimum Gasteiger partial charge on any atom is -0.423 e. The van der Waals surface area contributed by atoms with Crippen molar-refractivity contribution in [3.05, 3.63) is 34.8 Å². The number of nitrogens with zero attached hydrogens (tertiary/aromatic N) is 4. The van der Waals surface area contributed by atoms with Crippen molar-refractivity contribution in [3.8, 4) is 0 Å². The van der Waals surface area contributed by atoms with Crippen LogP contribution in [0.1, 0.15) is 29.9 Å². The molecule has 1 saturated heterocycles. The van der Waals surface area contributed by atoms with Crippen molar-refractivity contribution >= 4 is 23.3 Å². The molecule has 3 heterocycles. The molecular weight excluding hydrogens is 334 g/mol. The van der Waals surface area contributed by atoms with Gasteiger partial charge in [-0.15, -0.1) is 10.2 Å². The molecule has 0 spiro atoms. The SMILES string of the molecule is CO[C@H]1C[C@H](c2nnc(C)o2)N(C(=O)Nc2ccnc(C)c2Cl)C1. The molecule has 0 aliphatic carbocycles. The molecule has 0 aromatic carbocycles. The lowest BCUT2D eigenvalue weighted by Crippen LogP contribution is -2.35. The second-order valence-corrected chi connectivity index (χ2v) is 5.99. The molecule has 0 radical (unpaired) electrons. The number of rotatable bonds is 3. The molecule has 0 bridgehead atoms. The van der Waals surface area contributed by atoms with Crippen LogP contribution in [0.25, 0.3) is 0 Å². The smallest absolute Gasteiger partial charge is 0.322 e. The summed E-state index contributed by atoms with van der Waals surface area (Å²) in [5.74, 6) is 0.859. The minimum absolute atomic E-state index is 0.0948. The molecule has 8 nitrogen and oxygen atoms in total. The number of hydrogen-bond donors (Lipinski definition) is 1. The Morgan fingerprint density at radius 2 is 2.25 bits per heavy atom. The molecule has 3 rings (SSSR count). The first kappa shape index (κ1) is 16.7. The minimum atomic E-state index is -0.335. The fourth-order valence-electron chi connectivity index (χ4n) is 2.71. The van der Waals surface area contributed by atoms with Crippen LogP contribution in [0.5, 0.6) is 0 Å². The third-order valence-electron chi connectivity index (χ3n) is 3.99. The van der Waals surface area contributed by atoms with Gasteiger partial charge in [-0.25, -0.2) is 4.79 Å². The fraction of sp³-hybridized carbons (Fsp3) is 0.467. The second kappa shape index (κ2) is 6.74. The molecule has 128 valence electrons. The molecular formula is C15H18ClN5O3. The number of methoxy groups -OCH3 is 1. The topological polar surface area (TPSA) is 93.4 Å². The highest BCUT2D eigenvalue weighted by Crippen LogP contribution is 2.33. The molecule has 2 amide bonds. The van der Waals surface area contributed by atoms with Crippen LogP contribution < -0.4 is 5.32 Å². The van der Waals surface area contributed by atoms with E-state index in [4.69, 9.17) is 20.8 Å². The van der Waals surface area contributed by atoms with E-state index < -0.39 is 0 Å². The summed E-state index contributed by atoms with van der Waals surface area (Å²) in [5.41, 5.74) is 1.16. The van der Waals surface area contributed by atoms with Crippen LogP contribution in [-0.4, -0.2) is 45.9 Å². The van der Waals surface area contributed by atoms with E-state index >= 15 is 0 Å². The van der Waals surface area contributed by atoms with Crippen LogP contribution in [-0.2, 0) is 4.74 Å². The predicted octanol–water partition coefficient (Wildman–Crippen LogP) is 2.73. The van der Waals surface area contributed by atoms with Crippen LogP contribution in [0.15, 0.2) is 16.7 Å². The summed E-state index contributed by atoms with van der Waals surface area (Å²) in [6.07, 6.45) is 2.09. The Balaban J connectivity index is 1.82. The summed E-state index contributed by atoms with van der Waals surface area (Å²) in [5, 5.41) is 11.1. The van der Waals surface area contributed by atoms with Gasteiger partial charge in [-0.3, -0.25) is 4.98 Å². The van der Waals surface area contributed by atoms with Crippen molar-refractivity contribution < 1.29 is 13.9 Å². The van der Waals surface area contributed by atoms with Crippen LogP contribution in [0.3, 0.4) is 0 Å². The first-order valence-electron chi connectivity index (χ1n) is 7.51. The Bertz CT molecular complexity index is 750. The van der Waals surface area contributed by atoms with Gasteiger partial charge in [-0.05, 0) is 13.0 Å². The number of nitrogens with one attached hydrogen (secondary N) is 1. The number of carbonyl (C=O) groups excluding carboxylic acids is 1. The van der Waals surface area contributed by atoms with Crippen molar-refractivity contribution in [3.63, 3.8) is 0 Å². The van der Waals surface area contributed by atoms with Gasteiger partial charge < -0.3 is 19.4 Å². The van der Waals surface area contributed by atoms with Gasteiger partial charge in [0.25, 0.3) is 0 Å². The lowest BCUT2D eigenvalue weighted by molar-refractivity contribution is 0.111. The quantitative estimate of drug-likeness (QED) is 0.913. The van der Waals surface area contributed by atoms with E-state index in [1.807, 2.05) is 0 Å². The maximum atomic E-state index is 12.7. The molecule has 0 saturated carbocycles. The number of hydrogen-bond acceptors (Lipinski definition) is 6. The van der Waals surface area contributed by atoms with Crippen LogP contribution in [0.2, 0.25) is 5.02 Å². The Hall–Kier alpha value is -2.19. The van der Waals surface area contributed by atoms with E-state index in [0.29, 0.717) is 41.2 Å². The van der Waals surface area contributed by atoms with Crippen molar-refractivity contribution in [2.24, 2.45) is 0 Å². The van der Waals surface area contributed by atoms with Gasteiger partial charge in [0.2, 0.25) is 11.8 Å². The molecule has 1 fully saturated rings. The molecule has 1 N–H and O–H groups in total. The number of urea groups is 1. The first-order valence-corrected chi connectivity index (χ1v) is 7.89. The third-order valence-corrected chi connectivity index (χ3v) is 4.47. The van der Waals surface area contributed by atoms with Crippen molar-refractivity contribution in [2.75, 3.05) is 19.0 Å². The van der Waals surface area contributed by atoms with Crippen LogP contribution >= 0.6 is 11.6 Å². The average Bonchev–Trinajstić information content (AvgIpc) is 3.17. The van der Waals surface area contributed by atoms with Gasteiger partial charge >= 0.3 is 6.03 Å². The summed E-state index contributed by atoms with van der Waals surface area (Å²) in [7, 11) is 1.62. The Kier molecular flexibility index (Phi) is 4.68. The van der Waals surface area contributed by atoms with Gasteiger partial charge in [0.15, 0.2) is 0 Å².